The molecule has 0 unspecified atom stereocenters. The maximum absolute atomic E-state index is 14.7. The summed E-state index contributed by atoms with van der Waals surface area (Å²) >= 11 is 0. The topological polar surface area (TPSA) is 103 Å². The quantitative estimate of drug-likeness (QED) is 0.792. The molecule has 7 nitrogen and oxygen atoms in total. The summed E-state index contributed by atoms with van der Waals surface area (Å²) < 4.78 is 20.2. The number of carbonyl (C=O) groups is 1. The van der Waals surface area contributed by atoms with E-state index in [1.807, 2.05) is 11.0 Å². The molecule has 0 aromatic heterocycles. The summed E-state index contributed by atoms with van der Waals surface area (Å²) in [5.41, 5.74) is 6.54. The molecule has 1 aromatic rings. The van der Waals surface area contributed by atoms with Gasteiger partial charge in [0, 0.05) is 43.9 Å². The highest BCUT2D eigenvalue weighted by atomic mass is 19.1. The second-order valence-electron chi connectivity index (χ2n) is 5.71. The van der Waals surface area contributed by atoms with E-state index in [9.17, 15) is 14.4 Å². The Bertz CT molecular complexity index is 680. The molecule has 0 saturated carbocycles. The third-order valence-electron chi connectivity index (χ3n) is 4.23. The molecule has 0 bridgehead atoms. The normalized spacial score (nSPS) is 20.5. The second kappa shape index (κ2) is 5.93. The summed E-state index contributed by atoms with van der Waals surface area (Å²) in [6, 6.07) is 3.30. The van der Waals surface area contributed by atoms with E-state index in [1.54, 1.807) is 6.07 Å². The van der Waals surface area contributed by atoms with Crippen molar-refractivity contribution in [2.45, 2.75) is 12.5 Å². The van der Waals surface area contributed by atoms with Gasteiger partial charge in [-0.3, -0.25) is 0 Å². The number of nitriles is 1. The van der Waals surface area contributed by atoms with E-state index in [4.69, 9.17) is 15.6 Å². The fraction of sp³-hybridized carbons (Fsp3) is 0.467. The Labute approximate surface area is 132 Å². The van der Waals surface area contributed by atoms with Crippen LogP contribution in [0.3, 0.4) is 0 Å². The van der Waals surface area contributed by atoms with E-state index >= 15 is 0 Å². The summed E-state index contributed by atoms with van der Waals surface area (Å²) in [5.74, 6) is -0.172. The maximum atomic E-state index is 14.7. The minimum Gasteiger partial charge on any atom is -0.491 e. The van der Waals surface area contributed by atoms with E-state index < -0.39 is 11.9 Å². The number of piperazine rings is 1. The lowest BCUT2D eigenvalue weighted by molar-refractivity contribution is 0.142. The van der Waals surface area contributed by atoms with Gasteiger partial charge in [0.1, 0.15) is 29.8 Å². The van der Waals surface area contributed by atoms with E-state index in [1.165, 1.54) is 4.90 Å². The molecular formula is C15H17FN4O3. The van der Waals surface area contributed by atoms with Gasteiger partial charge in [0.15, 0.2) is 0 Å². The smallest absolute Gasteiger partial charge is 0.407 e. The predicted molar refractivity (Wildman–Crippen MR) is 80.1 cm³/mol. The van der Waals surface area contributed by atoms with Crippen molar-refractivity contribution in [3.63, 3.8) is 0 Å². The van der Waals surface area contributed by atoms with E-state index in [2.05, 4.69) is 0 Å². The first-order valence-corrected chi connectivity index (χ1v) is 7.38. The fourth-order valence-corrected chi connectivity index (χ4v) is 2.99. The number of amides is 1. The number of hydrogen-bond donors (Lipinski definition) is 2. The number of benzene rings is 1. The molecule has 23 heavy (non-hydrogen) atoms. The van der Waals surface area contributed by atoms with Gasteiger partial charge >= 0.3 is 6.09 Å². The molecule has 1 atom stereocenters. The zero-order chi connectivity index (χ0) is 16.6. The van der Waals surface area contributed by atoms with Gasteiger partial charge in [-0.15, -0.1) is 0 Å². The van der Waals surface area contributed by atoms with Crippen LogP contribution in [0.2, 0.25) is 0 Å². The summed E-state index contributed by atoms with van der Waals surface area (Å²) in [6.45, 7) is 1.73. The molecule has 8 heteroatoms. The number of carboxylic acid groups (broad SMARTS) is 1. The molecule has 1 saturated heterocycles. The fourth-order valence-electron chi connectivity index (χ4n) is 2.99. The van der Waals surface area contributed by atoms with Crippen molar-refractivity contribution in [3.8, 4) is 11.8 Å². The molecule has 2 aliphatic heterocycles. The van der Waals surface area contributed by atoms with Gasteiger partial charge in [0.05, 0.1) is 5.69 Å². The zero-order valence-corrected chi connectivity index (χ0v) is 12.5. The highest BCUT2D eigenvalue weighted by Gasteiger charge is 2.29. The van der Waals surface area contributed by atoms with Crippen molar-refractivity contribution in [1.82, 2.24) is 4.90 Å². The lowest BCUT2D eigenvalue weighted by Gasteiger charge is -2.36. The van der Waals surface area contributed by atoms with Gasteiger partial charge in [0.2, 0.25) is 0 Å². The Hall–Kier alpha value is -2.53. The number of anilines is 1. The molecule has 2 heterocycles. The minimum atomic E-state index is -0.973. The molecule has 0 radical (unpaired) electrons. The van der Waals surface area contributed by atoms with Crippen LogP contribution in [0.1, 0.15) is 11.1 Å². The second-order valence-corrected chi connectivity index (χ2v) is 5.71. The van der Waals surface area contributed by atoms with Crippen LogP contribution in [0.25, 0.3) is 0 Å². The van der Waals surface area contributed by atoms with E-state index in [0.717, 1.165) is 0 Å². The standard InChI is InChI=1S/C15H17FN4O3/c16-14-10-5-9(18)8-23-13(10)6-12(11(14)7-17)19-1-3-20(4-2-19)15(21)22/h6,9H,1-5,8,18H2,(H,21,22)/t9-/m0/s1. The van der Waals surface area contributed by atoms with Crippen LogP contribution in [0.15, 0.2) is 6.07 Å². The summed E-state index contributed by atoms with van der Waals surface area (Å²) in [6.07, 6.45) is -0.637. The van der Waals surface area contributed by atoms with Crippen LogP contribution in [-0.4, -0.2) is 54.9 Å². The van der Waals surface area contributed by atoms with Crippen molar-refractivity contribution in [1.29, 1.82) is 5.26 Å². The predicted octanol–water partition coefficient (Wildman–Crippen LogP) is 0.760. The van der Waals surface area contributed by atoms with Gasteiger partial charge in [-0.25, -0.2) is 9.18 Å². The first-order chi connectivity index (χ1) is 11.0. The molecule has 0 aliphatic carbocycles. The number of rotatable bonds is 1. The summed E-state index contributed by atoms with van der Waals surface area (Å²) in [4.78, 5) is 14.1. The van der Waals surface area contributed by atoms with Crippen LogP contribution in [0.5, 0.6) is 5.75 Å². The van der Waals surface area contributed by atoms with Crippen LogP contribution < -0.4 is 15.4 Å². The third kappa shape index (κ3) is 2.75. The summed E-state index contributed by atoms with van der Waals surface area (Å²) in [7, 11) is 0. The van der Waals surface area contributed by atoms with Crippen molar-refractivity contribution in [3.05, 3.63) is 23.0 Å². The Morgan fingerprint density at radius 1 is 1.43 bits per heavy atom. The van der Waals surface area contributed by atoms with Crippen molar-refractivity contribution in [2.24, 2.45) is 5.73 Å². The highest BCUT2D eigenvalue weighted by molar-refractivity contribution is 5.68. The lowest BCUT2D eigenvalue weighted by atomic mass is 9.98. The van der Waals surface area contributed by atoms with Crippen LogP contribution in [-0.2, 0) is 6.42 Å². The molecule has 0 spiro atoms. The molecular weight excluding hydrogens is 303 g/mol. The third-order valence-corrected chi connectivity index (χ3v) is 4.23. The largest absolute Gasteiger partial charge is 0.491 e. The van der Waals surface area contributed by atoms with Crippen LogP contribution >= 0.6 is 0 Å². The Morgan fingerprint density at radius 3 is 2.74 bits per heavy atom. The summed E-state index contributed by atoms with van der Waals surface area (Å²) in [5, 5.41) is 18.3. The maximum Gasteiger partial charge on any atom is 0.407 e. The molecule has 2 aliphatic rings. The van der Waals surface area contributed by atoms with Gasteiger partial charge in [0.25, 0.3) is 0 Å². The highest BCUT2D eigenvalue weighted by Crippen LogP contribution is 2.36. The molecule has 1 amide bonds. The van der Waals surface area contributed by atoms with Gasteiger partial charge in [-0.05, 0) is 6.42 Å². The zero-order valence-electron chi connectivity index (χ0n) is 12.5. The number of nitrogens with zero attached hydrogens (tertiary/aromatic N) is 3. The van der Waals surface area contributed by atoms with E-state index in [0.29, 0.717) is 56.2 Å². The van der Waals surface area contributed by atoms with Crippen molar-refractivity contribution >= 4 is 11.8 Å². The van der Waals surface area contributed by atoms with Gasteiger partial charge in [-0.1, -0.05) is 0 Å². The molecule has 3 N–H and O–H groups in total. The van der Waals surface area contributed by atoms with Gasteiger partial charge in [-0.2, -0.15) is 5.26 Å². The number of fused-ring (bicyclic) bond motifs is 1. The molecule has 1 aromatic carbocycles. The number of ether oxygens (including phenoxy) is 1. The minimum absolute atomic E-state index is 0.0368. The Kier molecular flexibility index (Phi) is 3.96. The van der Waals surface area contributed by atoms with Crippen molar-refractivity contribution in [2.75, 3.05) is 37.7 Å². The van der Waals surface area contributed by atoms with Gasteiger partial charge < -0.3 is 25.4 Å². The average Bonchev–Trinajstić information content (AvgIpc) is 2.55. The molecule has 1 fully saturated rings. The average molecular weight is 320 g/mol. The monoisotopic (exact) mass is 320 g/mol. The SMILES string of the molecule is N#Cc1c(N2CCN(C(=O)O)CC2)cc2c(c1F)C[C@H](N)CO2. The Morgan fingerprint density at radius 2 is 2.13 bits per heavy atom. The van der Waals surface area contributed by atoms with Crippen LogP contribution in [0, 0.1) is 17.1 Å². The number of nitrogens with two attached hydrogens (primary N) is 1. The Balaban J connectivity index is 1.93. The van der Waals surface area contributed by atoms with E-state index in [-0.39, 0.29) is 11.6 Å². The number of halogens is 1. The first kappa shape index (κ1) is 15.4. The van der Waals surface area contributed by atoms with Crippen molar-refractivity contribution < 1.29 is 19.0 Å². The lowest BCUT2D eigenvalue weighted by Crippen LogP contribution is -2.48. The molecule has 3 rings (SSSR count). The number of hydrogen-bond acceptors (Lipinski definition) is 5. The first-order valence-electron chi connectivity index (χ1n) is 7.38. The molecule has 122 valence electrons. The van der Waals surface area contributed by atoms with Crippen LogP contribution in [0.4, 0.5) is 14.9 Å².